The molecule has 0 fully saturated rings. The molecule has 0 radical (unpaired) electrons. The minimum Gasteiger partial charge on any atom is -0.356 e. The van der Waals surface area contributed by atoms with Crippen LogP contribution in [0.1, 0.15) is 25.3 Å². The first-order chi connectivity index (χ1) is 14.2. The van der Waals surface area contributed by atoms with Gasteiger partial charge in [-0.1, -0.05) is 30.7 Å². The van der Waals surface area contributed by atoms with E-state index in [1.165, 1.54) is 23.9 Å². The molecule has 0 aliphatic carbocycles. The number of amides is 2. The summed E-state index contributed by atoms with van der Waals surface area (Å²) in [7, 11) is -3.65. The first kappa shape index (κ1) is 22.7. The average molecular weight is 467 g/mol. The zero-order valence-corrected chi connectivity index (χ0v) is 18.9. The number of benzene rings is 2. The second kappa shape index (κ2) is 9.85. The van der Waals surface area contributed by atoms with Gasteiger partial charge in [-0.3, -0.25) is 9.59 Å². The third kappa shape index (κ3) is 6.23. The van der Waals surface area contributed by atoms with Gasteiger partial charge in [-0.05, 0) is 42.3 Å². The Bertz CT molecular complexity index is 1040. The maximum Gasteiger partial charge on any atom is 0.225 e. The average Bonchev–Trinajstić information content (AvgIpc) is 2.83. The van der Waals surface area contributed by atoms with Gasteiger partial charge in [0.2, 0.25) is 11.8 Å². The lowest BCUT2D eigenvalue weighted by molar-refractivity contribution is -0.120. The molecule has 0 aromatic heterocycles. The normalized spacial score (nSPS) is 16.3. The molecule has 1 aliphatic rings. The summed E-state index contributed by atoms with van der Waals surface area (Å²) in [6.07, 6.45) is 0.881. The van der Waals surface area contributed by atoms with Crippen molar-refractivity contribution in [2.24, 2.45) is 0 Å². The first-order valence-corrected chi connectivity index (χ1v) is 12.5. The highest BCUT2D eigenvalue weighted by atomic mass is 35.5. The van der Waals surface area contributed by atoms with Gasteiger partial charge in [0.05, 0.1) is 16.3 Å². The molecule has 30 heavy (non-hydrogen) atoms. The van der Waals surface area contributed by atoms with Crippen molar-refractivity contribution in [3.05, 3.63) is 53.1 Å². The predicted molar refractivity (Wildman–Crippen MR) is 120 cm³/mol. The summed E-state index contributed by atoms with van der Waals surface area (Å²) in [5, 5.41) is 6.27. The Hall–Kier alpha value is -2.03. The largest absolute Gasteiger partial charge is 0.356 e. The summed E-state index contributed by atoms with van der Waals surface area (Å²) in [5.74, 6) is -0.751. The fourth-order valence-corrected chi connectivity index (χ4v) is 5.49. The lowest BCUT2D eigenvalue weighted by Gasteiger charge is -2.11. The summed E-state index contributed by atoms with van der Waals surface area (Å²) in [6, 6.07) is 12.1. The highest BCUT2D eigenvalue weighted by molar-refractivity contribution is 8.00. The van der Waals surface area contributed by atoms with Crippen LogP contribution in [0.4, 0.5) is 5.69 Å². The van der Waals surface area contributed by atoms with Crippen molar-refractivity contribution in [2.45, 2.75) is 41.2 Å². The van der Waals surface area contributed by atoms with Crippen molar-refractivity contribution >= 4 is 50.7 Å². The Morgan fingerprint density at radius 1 is 1.23 bits per heavy atom. The smallest absolute Gasteiger partial charge is 0.225 e. The second-order valence-corrected chi connectivity index (χ2v) is 11.2. The van der Waals surface area contributed by atoms with Gasteiger partial charge >= 0.3 is 0 Å². The van der Waals surface area contributed by atoms with Crippen molar-refractivity contribution in [1.29, 1.82) is 0 Å². The summed E-state index contributed by atoms with van der Waals surface area (Å²) in [5.41, 5.74) is 1.54. The number of sulfone groups is 1. The number of halogens is 1. The fourth-order valence-electron chi connectivity index (χ4n) is 3.05. The van der Waals surface area contributed by atoms with Crippen LogP contribution in [0.15, 0.2) is 52.3 Å². The molecule has 0 unspecified atom stereocenters. The van der Waals surface area contributed by atoms with Crippen molar-refractivity contribution < 1.29 is 18.0 Å². The Morgan fingerprint density at radius 2 is 1.97 bits per heavy atom. The number of carbonyl (C=O) groups excluding carboxylic acids is 2. The maximum atomic E-state index is 12.7. The van der Waals surface area contributed by atoms with Gasteiger partial charge in [0.1, 0.15) is 0 Å². The lowest BCUT2D eigenvalue weighted by atomic mass is 10.1. The monoisotopic (exact) mass is 466 g/mol. The van der Waals surface area contributed by atoms with Crippen molar-refractivity contribution in [3.63, 3.8) is 0 Å². The third-order valence-corrected chi connectivity index (χ3v) is 7.78. The molecule has 0 bridgehead atoms. The molecule has 160 valence electrons. The van der Waals surface area contributed by atoms with E-state index < -0.39 is 9.84 Å². The Labute approximate surface area is 185 Å². The molecule has 1 aliphatic heterocycles. The van der Waals surface area contributed by atoms with Crippen LogP contribution in [0.25, 0.3) is 0 Å². The van der Waals surface area contributed by atoms with Gasteiger partial charge in [-0.2, -0.15) is 0 Å². The summed E-state index contributed by atoms with van der Waals surface area (Å²) in [4.78, 5) is 24.9. The molecule has 6 nitrogen and oxygen atoms in total. The molecule has 1 atom stereocenters. The van der Waals surface area contributed by atoms with Gasteiger partial charge in [-0.15, -0.1) is 11.8 Å². The van der Waals surface area contributed by atoms with Gasteiger partial charge in [0, 0.05) is 34.6 Å². The summed E-state index contributed by atoms with van der Waals surface area (Å²) in [6.45, 7) is 2.37. The second-order valence-electron chi connectivity index (χ2n) is 7.13. The van der Waals surface area contributed by atoms with Crippen LogP contribution in [0, 0.1) is 0 Å². The third-order valence-electron chi connectivity index (χ3n) is 4.63. The van der Waals surface area contributed by atoms with Gasteiger partial charge < -0.3 is 10.6 Å². The number of hydrogen-bond acceptors (Lipinski definition) is 5. The van der Waals surface area contributed by atoms with E-state index in [2.05, 4.69) is 10.6 Å². The molecular formula is C21H23ClN2O4S2. The van der Waals surface area contributed by atoms with Crippen LogP contribution >= 0.6 is 23.4 Å². The number of rotatable bonds is 7. The SMILES string of the molecule is C[C@H]1CC(=O)Nc2cc(S(=O)(=O)CCC(=O)NCCc3ccc(Cl)cc3)ccc2S1. The maximum absolute atomic E-state index is 12.7. The molecule has 9 heteroatoms. The molecule has 3 rings (SSSR count). The van der Waals surface area contributed by atoms with E-state index in [9.17, 15) is 18.0 Å². The lowest BCUT2D eigenvalue weighted by Crippen LogP contribution is -2.27. The Morgan fingerprint density at radius 3 is 2.70 bits per heavy atom. The number of hydrogen-bond donors (Lipinski definition) is 2. The first-order valence-electron chi connectivity index (χ1n) is 9.57. The topological polar surface area (TPSA) is 92.3 Å². The molecular weight excluding hydrogens is 444 g/mol. The molecule has 0 saturated heterocycles. The number of fused-ring (bicyclic) bond motifs is 1. The minimum absolute atomic E-state index is 0.102. The van der Waals surface area contributed by atoms with Crippen molar-refractivity contribution in [3.8, 4) is 0 Å². The number of nitrogens with one attached hydrogen (secondary N) is 2. The van der Waals surface area contributed by atoms with Crippen molar-refractivity contribution in [2.75, 3.05) is 17.6 Å². The number of carbonyl (C=O) groups is 2. The van der Waals surface area contributed by atoms with Gasteiger partial charge in [-0.25, -0.2) is 8.42 Å². The van der Waals surface area contributed by atoms with Crippen LogP contribution in [-0.4, -0.2) is 37.8 Å². The van der Waals surface area contributed by atoms with Gasteiger partial charge in [0.15, 0.2) is 9.84 Å². The van der Waals surface area contributed by atoms with Crippen LogP contribution < -0.4 is 10.6 Å². The molecule has 1 heterocycles. The zero-order valence-electron chi connectivity index (χ0n) is 16.5. The quantitative estimate of drug-likeness (QED) is 0.649. The van der Waals surface area contributed by atoms with E-state index in [0.717, 1.165) is 10.5 Å². The van der Waals surface area contributed by atoms with Crippen LogP contribution in [0.2, 0.25) is 5.02 Å². The van der Waals surface area contributed by atoms with E-state index in [4.69, 9.17) is 11.6 Å². The van der Waals surface area contributed by atoms with Crippen molar-refractivity contribution in [1.82, 2.24) is 5.32 Å². The zero-order chi connectivity index (χ0) is 21.7. The highest BCUT2D eigenvalue weighted by Crippen LogP contribution is 2.36. The number of thioether (sulfide) groups is 1. The Kier molecular flexibility index (Phi) is 7.44. The Balaban J connectivity index is 1.55. The molecule has 2 aromatic carbocycles. The molecule has 2 amide bonds. The molecule has 2 aromatic rings. The van der Waals surface area contributed by atoms with E-state index in [1.807, 2.05) is 19.1 Å². The summed E-state index contributed by atoms with van der Waals surface area (Å²) >= 11 is 7.38. The van der Waals surface area contributed by atoms with E-state index >= 15 is 0 Å². The van der Waals surface area contributed by atoms with E-state index in [0.29, 0.717) is 30.1 Å². The van der Waals surface area contributed by atoms with Gasteiger partial charge in [0.25, 0.3) is 0 Å². The standard InChI is InChI=1S/C21H23ClN2O4S2/c1-14-12-21(26)24-18-13-17(6-7-19(18)29-14)30(27,28)11-9-20(25)23-10-8-15-2-4-16(22)5-3-15/h2-7,13-14H,8-12H2,1H3,(H,23,25)(H,24,26)/t14-/m0/s1. The fraction of sp³-hybridized carbons (Fsp3) is 0.333. The minimum atomic E-state index is -3.65. The molecule has 0 spiro atoms. The van der Waals surface area contributed by atoms with Crippen LogP contribution in [0.5, 0.6) is 0 Å². The van der Waals surface area contributed by atoms with E-state index in [-0.39, 0.29) is 34.1 Å². The predicted octanol–water partition coefficient (Wildman–Crippen LogP) is 3.69. The van der Waals surface area contributed by atoms with Crippen LogP contribution in [0.3, 0.4) is 0 Å². The summed E-state index contributed by atoms with van der Waals surface area (Å²) < 4.78 is 25.3. The van der Waals surface area contributed by atoms with Crippen LogP contribution in [-0.2, 0) is 25.8 Å². The molecule has 0 saturated carbocycles. The van der Waals surface area contributed by atoms with E-state index in [1.54, 1.807) is 18.2 Å². The highest BCUT2D eigenvalue weighted by Gasteiger charge is 2.22. The molecule has 2 N–H and O–H groups in total. The number of anilines is 1.